The summed E-state index contributed by atoms with van der Waals surface area (Å²) in [4.78, 5) is 0. The quantitative estimate of drug-likeness (QED) is 0.404. The van der Waals surface area contributed by atoms with Crippen LogP contribution in [-0.2, 0) is 0 Å². The maximum absolute atomic E-state index is 6.30. The molecule has 0 bridgehead atoms. The van der Waals surface area contributed by atoms with Gasteiger partial charge in [-0.1, -0.05) is 84.4 Å². The number of ether oxygens (including phenoxy) is 1. The number of fused-ring (bicyclic) bond motifs is 1. The van der Waals surface area contributed by atoms with Crippen LogP contribution in [0.15, 0.2) is 97.1 Å². The highest BCUT2D eigenvalue weighted by atomic mass is 35.5. The topological polar surface area (TPSA) is 21.3 Å². The summed E-state index contributed by atoms with van der Waals surface area (Å²) in [6, 6.07) is 32.9. The second-order valence-electron chi connectivity index (χ2n) is 6.83. The lowest BCUT2D eigenvalue weighted by atomic mass is 9.97. The molecule has 3 heteroatoms. The maximum atomic E-state index is 6.30. The molecular weight excluding hydrogens is 366 g/mol. The first-order valence-corrected chi connectivity index (χ1v) is 9.63. The zero-order valence-electron chi connectivity index (χ0n) is 15.1. The number of anilines is 1. The first kappa shape index (κ1) is 16.9. The Morgan fingerprint density at radius 2 is 1.39 bits per heavy atom. The fourth-order valence-corrected chi connectivity index (χ4v) is 3.81. The Labute approximate surface area is 169 Å². The molecule has 5 rings (SSSR count). The number of hydrogen-bond donors (Lipinski definition) is 1. The van der Waals surface area contributed by atoms with Crippen molar-refractivity contribution in [1.29, 1.82) is 0 Å². The maximum Gasteiger partial charge on any atom is 0.196 e. The van der Waals surface area contributed by atoms with Crippen LogP contribution in [-0.4, -0.2) is 0 Å². The minimum Gasteiger partial charge on any atom is -0.464 e. The average Bonchev–Trinajstić information content (AvgIpc) is 3.19. The van der Waals surface area contributed by atoms with Gasteiger partial charge in [0.1, 0.15) is 5.75 Å². The van der Waals surface area contributed by atoms with E-state index in [1.165, 1.54) is 0 Å². The van der Waals surface area contributed by atoms with Gasteiger partial charge >= 0.3 is 0 Å². The van der Waals surface area contributed by atoms with Crippen LogP contribution in [0.1, 0.15) is 11.8 Å². The van der Waals surface area contributed by atoms with Crippen LogP contribution in [0.25, 0.3) is 22.3 Å². The fourth-order valence-electron chi connectivity index (χ4n) is 3.61. The Morgan fingerprint density at radius 3 is 2.11 bits per heavy atom. The Morgan fingerprint density at radius 1 is 0.679 bits per heavy atom. The van der Waals surface area contributed by atoms with Crippen molar-refractivity contribution in [2.75, 3.05) is 5.32 Å². The Balaban J connectivity index is 1.63. The molecule has 4 aromatic rings. The zero-order valence-corrected chi connectivity index (χ0v) is 15.9. The molecule has 136 valence electrons. The minimum atomic E-state index is -0.262. The molecule has 0 saturated carbocycles. The van der Waals surface area contributed by atoms with E-state index < -0.39 is 0 Å². The number of nitrogens with one attached hydrogen (secondary N) is 1. The lowest BCUT2D eigenvalue weighted by molar-refractivity contribution is 0.260. The summed E-state index contributed by atoms with van der Waals surface area (Å²) in [6.07, 6.45) is -0.262. The summed E-state index contributed by atoms with van der Waals surface area (Å²) < 4.78 is 6.30. The third kappa shape index (κ3) is 3.12. The van der Waals surface area contributed by atoms with E-state index in [9.17, 15) is 0 Å². The largest absolute Gasteiger partial charge is 0.464 e. The van der Waals surface area contributed by atoms with E-state index in [4.69, 9.17) is 16.3 Å². The van der Waals surface area contributed by atoms with Gasteiger partial charge in [-0.2, -0.15) is 0 Å². The summed E-state index contributed by atoms with van der Waals surface area (Å²) in [5.41, 5.74) is 6.59. The van der Waals surface area contributed by atoms with Crippen molar-refractivity contribution in [3.8, 4) is 28.0 Å². The summed E-state index contributed by atoms with van der Waals surface area (Å²) in [6.45, 7) is 0. The van der Waals surface area contributed by atoms with Gasteiger partial charge in [-0.25, -0.2) is 0 Å². The van der Waals surface area contributed by atoms with Crippen molar-refractivity contribution in [2.24, 2.45) is 0 Å². The van der Waals surface area contributed by atoms with Crippen molar-refractivity contribution in [3.05, 3.63) is 108 Å². The highest BCUT2D eigenvalue weighted by molar-refractivity contribution is 6.30. The molecule has 1 unspecified atom stereocenters. The highest BCUT2D eigenvalue weighted by Crippen LogP contribution is 2.47. The second-order valence-corrected chi connectivity index (χ2v) is 7.26. The van der Waals surface area contributed by atoms with Gasteiger partial charge in [0, 0.05) is 16.1 Å². The molecule has 1 heterocycles. The molecule has 0 amide bonds. The van der Waals surface area contributed by atoms with Gasteiger partial charge in [0.05, 0.1) is 5.69 Å². The summed E-state index contributed by atoms with van der Waals surface area (Å²) >= 11 is 6.18. The third-order valence-corrected chi connectivity index (χ3v) is 5.20. The lowest BCUT2D eigenvalue weighted by Gasteiger charge is -2.12. The SMILES string of the molecule is Clc1cccc(C2Nc3c(cc(-c4ccccc4)cc3-c3ccccc3)O2)c1. The number of benzene rings is 4. The molecule has 0 saturated heterocycles. The molecule has 1 N–H and O–H groups in total. The zero-order chi connectivity index (χ0) is 18.9. The monoisotopic (exact) mass is 383 g/mol. The van der Waals surface area contributed by atoms with Gasteiger partial charge in [0.15, 0.2) is 6.23 Å². The Bertz CT molecular complexity index is 1130. The molecule has 28 heavy (non-hydrogen) atoms. The second kappa shape index (κ2) is 7.06. The third-order valence-electron chi connectivity index (χ3n) is 4.97. The summed E-state index contributed by atoms with van der Waals surface area (Å²) in [5, 5.41) is 4.24. The Hall–Kier alpha value is -3.23. The van der Waals surface area contributed by atoms with E-state index in [1.54, 1.807) is 0 Å². The number of hydrogen-bond acceptors (Lipinski definition) is 2. The van der Waals surface area contributed by atoms with E-state index in [1.807, 2.05) is 36.4 Å². The first-order valence-electron chi connectivity index (χ1n) is 9.25. The van der Waals surface area contributed by atoms with Crippen molar-refractivity contribution < 1.29 is 4.74 Å². The molecule has 1 atom stereocenters. The van der Waals surface area contributed by atoms with Crippen LogP contribution in [0.4, 0.5) is 5.69 Å². The number of rotatable bonds is 3. The van der Waals surface area contributed by atoms with E-state index in [0.29, 0.717) is 5.02 Å². The molecule has 0 fully saturated rings. The molecule has 0 spiro atoms. The van der Waals surface area contributed by atoms with E-state index in [-0.39, 0.29) is 6.23 Å². The van der Waals surface area contributed by atoms with Crippen molar-refractivity contribution in [1.82, 2.24) is 0 Å². The van der Waals surface area contributed by atoms with Crippen molar-refractivity contribution >= 4 is 17.3 Å². The summed E-state index contributed by atoms with van der Waals surface area (Å²) in [5.74, 6) is 0.852. The van der Waals surface area contributed by atoms with Gasteiger partial charge in [-0.3, -0.25) is 0 Å². The molecule has 0 radical (unpaired) electrons. The van der Waals surface area contributed by atoms with Gasteiger partial charge in [0.25, 0.3) is 0 Å². The van der Waals surface area contributed by atoms with Crippen molar-refractivity contribution in [2.45, 2.75) is 6.23 Å². The molecular formula is C25H18ClNO. The van der Waals surface area contributed by atoms with Gasteiger partial charge in [-0.15, -0.1) is 0 Å². The number of halogens is 1. The van der Waals surface area contributed by atoms with Gasteiger partial charge in [0.2, 0.25) is 0 Å². The van der Waals surface area contributed by atoms with Crippen LogP contribution in [0.2, 0.25) is 5.02 Å². The van der Waals surface area contributed by atoms with Crippen molar-refractivity contribution in [3.63, 3.8) is 0 Å². The normalized spacial score (nSPS) is 14.8. The predicted octanol–water partition coefficient (Wildman–Crippen LogP) is 7.18. The molecule has 4 aromatic carbocycles. The molecule has 0 aliphatic carbocycles. The van der Waals surface area contributed by atoms with Gasteiger partial charge in [-0.05, 0) is 41.0 Å². The smallest absolute Gasteiger partial charge is 0.196 e. The highest BCUT2D eigenvalue weighted by Gasteiger charge is 2.27. The molecule has 1 aliphatic rings. The molecule has 0 aromatic heterocycles. The first-order chi connectivity index (χ1) is 13.8. The average molecular weight is 384 g/mol. The van der Waals surface area contributed by atoms with E-state index in [0.717, 1.165) is 39.3 Å². The Kier molecular flexibility index (Phi) is 4.27. The van der Waals surface area contributed by atoms with Crippen LogP contribution < -0.4 is 10.1 Å². The standard InChI is InChI=1S/C25H18ClNO/c26-21-13-7-12-19(14-21)25-27-24-22(18-10-5-2-6-11-18)15-20(16-23(24)28-25)17-8-3-1-4-9-17/h1-16,25,27H. The summed E-state index contributed by atoms with van der Waals surface area (Å²) in [7, 11) is 0. The lowest BCUT2D eigenvalue weighted by Crippen LogP contribution is -2.10. The van der Waals surface area contributed by atoms with Crippen LogP contribution >= 0.6 is 11.6 Å². The predicted molar refractivity (Wildman–Crippen MR) is 116 cm³/mol. The van der Waals surface area contributed by atoms with E-state index in [2.05, 4.69) is 66.0 Å². The van der Waals surface area contributed by atoms with Crippen LogP contribution in [0.5, 0.6) is 5.75 Å². The minimum absolute atomic E-state index is 0.262. The van der Waals surface area contributed by atoms with Crippen LogP contribution in [0, 0.1) is 0 Å². The fraction of sp³-hybridized carbons (Fsp3) is 0.0400. The molecule has 2 nitrogen and oxygen atoms in total. The van der Waals surface area contributed by atoms with Gasteiger partial charge < -0.3 is 10.1 Å². The van der Waals surface area contributed by atoms with E-state index >= 15 is 0 Å². The molecule has 1 aliphatic heterocycles. The van der Waals surface area contributed by atoms with Crippen LogP contribution in [0.3, 0.4) is 0 Å².